The second-order valence-electron chi connectivity index (χ2n) is 5.12. The van der Waals surface area contributed by atoms with Gasteiger partial charge in [-0.3, -0.25) is 0 Å². The van der Waals surface area contributed by atoms with Crippen LogP contribution in [0.2, 0.25) is 0 Å². The zero-order valence-electron chi connectivity index (χ0n) is 12.2. The summed E-state index contributed by atoms with van der Waals surface area (Å²) in [6, 6.07) is 7.83. The van der Waals surface area contributed by atoms with Gasteiger partial charge in [0.25, 0.3) is 0 Å². The molecule has 0 aliphatic carbocycles. The van der Waals surface area contributed by atoms with Gasteiger partial charge in [-0.05, 0) is 38.4 Å². The van der Waals surface area contributed by atoms with Crippen molar-refractivity contribution >= 4 is 22.4 Å². The highest BCUT2D eigenvalue weighted by Crippen LogP contribution is 2.11. The average molecular weight is 335 g/mol. The lowest BCUT2D eigenvalue weighted by Gasteiger charge is -2.12. The monoisotopic (exact) mass is 334 g/mol. The molecule has 1 aromatic rings. The van der Waals surface area contributed by atoms with Crippen LogP contribution in [-0.4, -0.2) is 39.9 Å². The Morgan fingerprint density at radius 3 is 2.67 bits per heavy atom. The van der Waals surface area contributed by atoms with Crippen LogP contribution in [0.25, 0.3) is 0 Å². The van der Waals surface area contributed by atoms with E-state index in [1.807, 2.05) is 31.2 Å². The Balaban J connectivity index is 0.00000220. The van der Waals surface area contributed by atoms with Crippen molar-refractivity contribution in [1.82, 2.24) is 10.0 Å². The molecule has 21 heavy (non-hydrogen) atoms. The minimum absolute atomic E-state index is 0. The summed E-state index contributed by atoms with van der Waals surface area (Å²) < 4.78 is 31.7. The van der Waals surface area contributed by atoms with Crippen molar-refractivity contribution in [2.24, 2.45) is 0 Å². The summed E-state index contributed by atoms with van der Waals surface area (Å²) in [5, 5.41) is 3.26. The van der Waals surface area contributed by atoms with Crippen molar-refractivity contribution in [3.63, 3.8) is 0 Å². The molecule has 1 aromatic carbocycles. The number of rotatable bonds is 7. The van der Waals surface area contributed by atoms with Crippen molar-refractivity contribution in [2.75, 3.05) is 25.4 Å². The van der Waals surface area contributed by atoms with E-state index < -0.39 is 10.0 Å². The van der Waals surface area contributed by atoms with Crippen molar-refractivity contribution in [3.05, 3.63) is 29.8 Å². The maximum Gasteiger partial charge on any atom is 0.215 e. The highest BCUT2D eigenvalue weighted by atomic mass is 35.5. The fraction of sp³-hybridized carbons (Fsp3) is 0.571. The van der Waals surface area contributed by atoms with E-state index in [0.717, 1.165) is 24.9 Å². The van der Waals surface area contributed by atoms with Gasteiger partial charge in [-0.1, -0.05) is 17.7 Å². The van der Waals surface area contributed by atoms with Crippen molar-refractivity contribution in [2.45, 2.75) is 25.8 Å². The number of hydrogen-bond donors (Lipinski definition) is 2. The minimum Gasteiger partial charge on any atom is -0.492 e. The molecule has 1 fully saturated rings. The SMILES string of the molecule is Cc1ccc(OCCS(=O)(=O)NC[C@@H]2CCCN2)cc1.Cl. The molecule has 0 spiro atoms. The van der Waals surface area contributed by atoms with E-state index in [-0.39, 0.29) is 30.8 Å². The molecule has 2 N–H and O–H groups in total. The standard InChI is InChI=1S/C14H22N2O3S.ClH/c1-12-4-6-14(7-5-12)19-9-10-20(17,18)16-11-13-3-2-8-15-13;/h4-7,13,15-16H,2-3,8-11H2,1H3;1H/t13-;/m0./s1. The lowest BCUT2D eigenvalue weighted by molar-refractivity contribution is 0.340. The normalized spacial score (nSPS) is 18.2. The van der Waals surface area contributed by atoms with Gasteiger partial charge in [-0.2, -0.15) is 0 Å². The van der Waals surface area contributed by atoms with Crippen LogP contribution in [0.4, 0.5) is 0 Å². The molecular weight excluding hydrogens is 312 g/mol. The summed E-state index contributed by atoms with van der Waals surface area (Å²) in [6.45, 7) is 3.60. The Morgan fingerprint density at radius 2 is 2.05 bits per heavy atom. The molecule has 1 aliphatic rings. The van der Waals surface area contributed by atoms with Crippen LogP contribution < -0.4 is 14.8 Å². The van der Waals surface area contributed by atoms with Gasteiger partial charge in [0.15, 0.2) is 0 Å². The molecular formula is C14H23ClN2O3S. The van der Waals surface area contributed by atoms with Crippen LogP contribution in [0.1, 0.15) is 18.4 Å². The molecule has 0 saturated carbocycles. The van der Waals surface area contributed by atoms with Crippen molar-refractivity contribution in [1.29, 1.82) is 0 Å². The first kappa shape index (κ1) is 18.2. The van der Waals surface area contributed by atoms with Gasteiger partial charge in [0.2, 0.25) is 10.0 Å². The number of benzene rings is 1. The lowest BCUT2D eigenvalue weighted by atomic mass is 10.2. The third-order valence-electron chi connectivity index (χ3n) is 3.35. The summed E-state index contributed by atoms with van der Waals surface area (Å²) in [5.74, 6) is 0.677. The predicted octanol–water partition coefficient (Wildman–Crippen LogP) is 1.47. The summed E-state index contributed by atoms with van der Waals surface area (Å²) in [6.07, 6.45) is 2.14. The predicted molar refractivity (Wildman–Crippen MR) is 86.7 cm³/mol. The molecule has 0 aromatic heterocycles. The van der Waals surface area contributed by atoms with Gasteiger partial charge in [0, 0.05) is 12.6 Å². The Morgan fingerprint density at radius 1 is 1.33 bits per heavy atom. The molecule has 7 heteroatoms. The van der Waals surface area contributed by atoms with E-state index in [2.05, 4.69) is 10.0 Å². The third kappa shape index (κ3) is 6.65. The van der Waals surface area contributed by atoms with Crippen molar-refractivity contribution in [3.8, 4) is 5.75 Å². The number of halogens is 1. The number of hydrogen-bond acceptors (Lipinski definition) is 4. The number of ether oxygens (including phenoxy) is 1. The third-order valence-corrected chi connectivity index (χ3v) is 4.66. The number of sulfonamides is 1. The summed E-state index contributed by atoms with van der Waals surface area (Å²) in [4.78, 5) is 0. The zero-order chi connectivity index (χ0) is 14.4. The summed E-state index contributed by atoms with van der Waals surface area (Å²) in [5.41, 5.74) is 1.15. The van der Waals surface area contributed by atoms with Gasteiger partial charge in [0.1, 0.15) is 12.4 Å². The Hall–Kier alpha value is -0.820. The zero-order valence-corrected chi connectivity index (χ0v) is 13.8. The molecule has 120 valence electrons. The highest BCUT2D eigenvalue weighted by molar-refractivity contribution is 7.89. The van der Waals surface area contributed by atoms with Crippen LogP contribution in [-0.2, 0) is 10.0 Å². The largest absolute Gasteiger partial charge is 0.492 e. The van der Waals surface area contributed by atoms with Gasteiger partial charge in [-0.15, -0.1) is 12.4 Å². The first-order valence-corrected chi connectivity index (χ1v) is 8.60. The molecule has 1 saturated heterocycles. The van der Waals surface area contributed by atoms with Gasteiger partial charge >= 0.3 is 0 Å². The topological polar surface area (TPSA) is 67.4 Å². The van der Waals surface area contributed by atoms with E-state index >= 15 is 0 Å². The van der Waals surface area contributed by atoms with Crippen LogP contribution in [0, 0.1) is 6.92 Å². The van der Waals surface area contributed by atoms with Crippen molar-refractivity contribution < 1.29 is 13.2 Å². The van der Waals surface area contributed by atoms with Crippen LogP contribution in [0.15, 0.2) is 24.3 Å². The highest BCUT2D eigenvalue weighted by Gasteiger charge is 2.17. The van der Waals surface area contributed by atoms with Gasteiger partial charge in [-0.25, -0.2) is 13.1 Å². The average Bonchev–Trinajstić information content (AvgIpc) is 2.92. The molecule has 5 nitrogen and oxygen atoms in total. The first-order chi connectivity index (χ1) is 9.55. The molecule has 1 atom stereocenters. The fourth-order valence-electron chi connectivity index (χ4n) is 2.13. The van der Waals surface area contributed by atoms with Gasteiger partial charge in [0.05, 0.1) is 5.75 Å². The smallest absolute Gasteiger partial charge is 0.215 e. The lowest BCUT2D eigenvalue weighted by Crippen LogP contribution is -2.39. The van der Waals surface area contributed by atoms with E-state index in [9.17, 15) is 8.42 Å². The minimum atomic E-state index is -3.26. The fourth-order valence-corrected chi connectivity index (χ4v) is 3.04. The van der Waals surface area contributed by atoms with E-state index in [0.29, 0.717) is 12.3 Å². The Labute approximate surface area is 132 Å². The molecule has 2 rings (SSSR count). The quantitative estimate of drug-likeness (QED) is 0.792. The Bertz CT molecular complexity index is 514. The number of nitrogens with one attached hydrogen (secondary N) is 2. The Kier molecular flexibility index (Phi) is 7.45. The van der Waals surface area contributed by atoms with Gasteiger partial charge < -0.3 is 10.1 Å². The molecule has 1 aliphatic heterocycles. The van der Waals surface area contributed by atoms with E-state index in [4.69, 9.17) is 4.74 Å². The molecule has 1 heterocycles. The molecule has 0 bridgehead atoms. The summed E-state index contributed by atoms with van der Waals surface area (Å²) >= 11 is 0. The molecule has 0 amide bonds. The second-order valence-corrected chi connectivity index (χ2v) is 7.05. The van der Waals surface area contributed by atoms with E-state index in [1.54, 1.807) is 0 Å². The maximum absolute atomic E-state index is 11.8. The molecule has 0 unspecified atom stereocenters. The first-order valence-electron chi connectivity index (χ1n) is 6.95. The van der Waals surface area contributed by atoms with E-state index in [1.165, 1.54) is 0 Å². The van der Waals surface area contributed by atoms with Crippen LogP contribution >= 0.6 is 12.4 Å². The maximum atomic E-state index is 11.8. The number of aryl methyl sites for hydroxylation is 1. The van der Waals surface area contributed by atoms with Crippen LogP contribution in [0.3, 0.4) is 0 Å². The summed E-state index contributed by atoms with van der Waals surface area (Å²) in [7, 11) is -3.26. The second kappa shape index (κ2) is 8.58. The van der Waals surface area contributed by atoms with Crippen LogP contribution in [0.5, 0.6) is 5.75 Å². The molecule has 0 radical (unpaired) electrons.